The lowest BCUT2D eigenvalue weighted by Gasteiger charge is -2.25. The van der Waals surface area contributed by atoms with E-state index < -0.39 is 0 Å². The molecule has 0 saturated heterocycles. The van der Waals surface area contributed by atoms with E-state index in [4.69, 9.17) is 0 Å². The van der Waals surface area contributed by atoms with Crippen molar-refractivity contribution in [1.29, 1.82) is 0 Å². The van der Waals surface area contributed by atoms with Crippen LogP contribution in [0, 0.1) is 0 Å². The predicted molar refractivity (Wildman–Crippen MR) is 112 cm³/mol. The van der Waals surface area contributed by atoms with Crippen LogP contribution in [0.2, 0.25) is 0 Å². The van der Waals surface area contributed by atoms with Crippen molar-refractivity contribution in [1.82, 2.24) is 5.32 Å². The zero-order valence-electron chi connectivity index (χ0n) is 15.5. The first-order valence-corrected chi connectivity index (χ1v) is 9.19. The van der Waals surface area contributed by atoms with E-state index in [0.29, 0.717) is 0 Å². The van der Waals surface area contributed by atoms with Gasteiger partial charge < -0.3 is 5.32 Å². The van der Waals surface area contributed by atoms with Gasteiger partial charge in [-0.15, -0.1) is 0 Å². The van der Waals surface area contributed by atoms with E-state index in [9.17, 15) is 0 Å². The Bertz CT molecular complexity index is 956. The number of fused-ring (bicyclic) bond motifs is 2. The van der Waals surface area contributed by atoms with Gasteiger partial charge in [0.25, 0.3) is 0 Å². The van der Waals surface area contributed by atoms with Gasteiger partial charge in [-0.25, -0.2) is 0 Å². The Morgan fingerprint density at radius 2 is 1.85 bits per heavy atom. The van der Waals surface area contributed by atoms with Crippen LogP contribution < -0.4 is 5.32 Å². The molecule has 2 aromatic rings. The molecule has 0 saturated carbocycles. The molecule has 0 bridgehead atoms. The average molecular weight is 339 g/mol. The fourth-order valence-corrected chi connectivity index (χ4v) is 4.19. The van der Waals surface area contributed by atoms with E-state index in [0.717, 1.165) is 17.7 Å². The third-order valence-corrected chi connectivity index (χ3v) is 5.62. The van der Waals surface area contributed by atoms with Crippen molar-refractivity contribution in [3.05, 3.63) is 107 Å². The molecule has 2 aromatic carbocycles. The molecule has 0 heterocycles. The molecule has 0 radical (unpaired) electrons. The van der Waals surface area contributed by atoms with Crippen LogP contribution in [0.5, 0.6) is 0 Å². The first kappa shape index (κ1) is 16.7. The molecule has 2 aliphatic carbocycles. The summed E-state index contributed by atoms with van der Waals surface area (Å²) >= 11 is 0. The molecular formula is C25H25N. The second-order valence-electron chi connectivity index (χ2n) is 7.75. The quantitative estimate of drug-likeness (QED) is 0.761. The molecule has 1 atom stereocenters. The van der Waals surface area contributed by atoms with E-state index in [1.807, 2.05) is 0 Å². The summed E-state index contributed by atoms with van der Waals surface area (Å²) in [6.45, 7) is 13.1. The third kappa shape index (κ3) is 2.74. The molecule has 1 nitrogen and oxygen atoms in total. The number of allylic oxidation sites excluding steroid dienone is 3. The van der Waals surface area contributed by atoms with Crippen LogP contribution in [0.4, 0.5) is 0 Å². The molecule has 1 N–H and O–H groups in total. The van der Waals surface area contributed by atoms with E-state index in [1.165, 1.54) is 27.8 Å². The normalized spacial score (nSPS) is 21.4. The third-order valence-electron chi connectivity index (χ3n) is 5.62. The van der Waals surface area contributed by atoms with Gasteiger partial charge in [0.1, 0.15) is 0 Å². The number of benzene rings is 2. The zero-order chi connectivity index (χ0) is 18.3. The summed E-state index contributed by atoms with van der Waals surface area (Å²) in [5, 5.41) is 3.57. The predicted octanol–water partition coefficient (Wildman–Crippen LogP) is 5.66. The maximum absolute atomic E-state index is 4.35. The Hall–Kier alpha value is -2.80. The highest BCUT2D eigenvalue weighted by Gasteiger charge is 2.36. The Morgan fingerprint density at radius 1 is 1.12 bits per heavy atom. The Labute approximate surface area is 156 Å². The SMILES string of the molecule is C=C(/C=C1\C(=C)c2ccccc2C1(C)C)N[C@@H]1C=Cc2ccccc2C1. The van der Waals surface area contributed by atoms with E-state index in [2.05, 4.69) is 99.1 Å². The molecular weight excluding hydrogens is 314 g/mol. The number of hydrogen-bond donors (Lipinski definition) is 1. The molecule has 26 heavy (non-hydrogen) atoms. The second kappa shape index (κ2) is 6.17. The number of nitrogens with one attached hydrogen (secondary N) is 1. The van der Waals surface area contributed by atoms with Crippen LogP contribution in [-0.2, 0) is 11.8 Å². The molecule has 2 aliphatic rings. The van der Waals surface area contributed by atoms with Crippen molar-refractivity contribution in [3.8, 4) is 0 Å². The summed E-state index contributed by atoms with van der Waals surface area (Å²) in [6, 6.07) is 17.4. The largest absolute Gasteiger partial charge is 0.379 e. The topological polar surface area (TPSA) is 12.0 Å². The lowest BCUT2D eigenvalue weighted by Crippen LogP contribution is -2.30. The highest BCUT2D eigenvalue weighted by Crippen LogP contribution is 2.48. The van der Waals surface area contributed by atoms with Crippen molar-refractivity contribution in [2.75, 3.05) is 0 Å². The van der Waals surface area contributed by atoms with Crippen LogP contribution in [0.15, 0.2) is 85.1 Å². The van der Waals surface area contributed by atoms with Crippen molar-refractivity contribution in [2.24, 2.45) is 0 Å². The van der Waals surface area contributed by atoms with Crippen LogP contribution >= 0.6 is 0 Å². The summed E-state index contributed by atoms with van der Waals surface area (Å²) in [4.78, 5) is 0. The molecule has 0 aromatic heterocycles. The fraction of sp³-hybridized carbons (Fsp3) is 0.200. The van der Waals surface area contributed by atoms with Crippen LogP contribution in [-0.4, -0.2) is 6.04 Å². The average Bonchev–Trinajstić information content (AvgIpc) is 2.83. The van der Waals surface area contributed by atoms with Crippen molar-refractivity contribution in [3.63, 3.8) is 0 Å². The highest BCUT2D eigenvalue weighted by molar-refractivity contribution is 5.88. The van der Waals surface area contributed by atoms with Gasteiger partial charge in [0.05, 0.1) is 0 Å². The molecule has 0 spiro atoms. The molecule has 0 amide bonds. The van der Waals surface area contributed by atoms with Gasteiger partial charge in [-0.2, -0.15) is 0 Å². The van der Waals surface area contributed by atoms with Crippen LogP contribution in [0.3, 0.4) is 0 Å². The van der Waals surface area contributed by atoms with Gasteiger partial charge in [-0.1, -0.05) is 87.7 Å². The highest BCUT2D eigenvalue weighted by atomic mass is 14.9. The monoisotopic (exact) mass is 339 g/mol. The lowest BCUT2D eigenvalue weighted by molar-refractivity contribution is 0.649. The number of hydrogen-bond acceptors (Lipinski definition) is 1. The molecule has 4 rings (SSSR count). The van der Waals surface area contributed by atoms with Crippen molar-refractivity contribution >= 4 is 11.6 Å². The van der Waals surface area contributed by atoms with Crippen molar-refractivity contribution < 1.29 is 0 Å². The van der Waals surface area contributed by atoms with Gasteiger partial charge in [0.15, 0.2) is 0 Å². The smallest absolute Gasteiger partial charge is 0.0488 e. The first-order valence-electron chi connectivity index (χ1n) is 9.19. The maximum atomic E-state index is 4.35. The summed E-state index contributed by atoms with van der Waals surface area (Å²) in [5.41, 5.74) is 8.54. The van der Waals surface area contributed by atoms with Gasteiger partial charge in [-0.05, 0) is 45.9 Å². The molecule has 0 fully saturated rings. The summed E-state index contributed by atoms with van der Waals surface area (Å²) < 4.78 is 0. The lowest BCUT2D eigenvalue weighted by atomic mass is 9.82. The molecule has 1 heteroatoms. The Balaban J connectivity index is 1.55. The van der Waals surface area contributed by atoms with Gasteiger partial charge in [0, 0.05) is 17.2 Å². The zero-order valence-corrected chi connectivity index (χ0v) is 15.5. The van der Waals surface area contributed by atoms with E-state index in [-0.39, 0.29) is 11.5 Å². The van der Waals surface area contributed by atoms with Gasteiger partial charge in [0.2, 0.25) is 0 Å². The maximum Gasteiger partial charge on any atom is 0.0488 e. The summed E-state index contributed by atoms with van der Waals surface area (Å²) in [5.74, 6) is 0. The van der Waals surface area contributed by atoms with E-state index >= 15 is 0 Å². The van der Waals surface area contributed by atoms with Gasteiger partial charge in [-0.3, -0.25) is 0 Å². The minimum atomic E-state index is -0.0483. The fourth-order valence-electron chi connectivity index (χ4n) is 4.19. The molecule has 0 unspecified atom stereocenters. The van der Waals surface area contributed by atoms with Crippen molar-refractivity contribution in [2.45, 2.75) is 31.7 Å². The minimum Gasteiger partial charge on any atom is -0.379 e. The summed E-state index contributed by atoms with van der Waals surface area (Å²) in [6.07, 6.45) is 7.59. The number of rotatable bonds is 3. The standard InChI is InChI=1S/C25H25N/c1-17(26-21-14-13-19-9-5-6-10-20(19)16-21)15-24-18(2)22-11-7-8-12-23(22)25(24,3)4/h5-15,21,26H,1-2,16H2,3-4H3/b24-15+/t21-/m1/s1. The van der Waals surface area contributed by atoms with Crippen LogP contribution in [0.25, 0.3) is 11.6 Å². The first-order chi connectivity index (χ1) is 12.5. The molecule has 0 aliphatic heterocycles. The second-order valence-corrected chi connectivity index (χ2v) is 7.75. The molecule has 130 valence electrons. The Kier molecular flexibility index (Phi) is 3.96. The summed E-state index contributed by atoms with van der Waals surface area (Å²) in [7, 11) is 0. The van der Waals surface area contributed by atoms with Gasteiger partial charge >= 0.3 is 0 Å². The Morgan fingerprint density at radius 3 is 2.65 bits per heavy atom. The van der Waals surface area contributed by atoms with E-state index in [1.54, 1.807) is 0 Å². The minimum absolute atomic E-state index is 0.0483. The van der Waals surface area contributed by atoms with Crippen LogP contribution in [0.1, 0.15) is 36.1 Å².